The lowest BCUT2D eigenvalue weighted by Crippen LogP contribution is -2.38. The minimum absolute atomic E-state index is 0.00709. The maximum Gasteiger partial charge on any atom is 0.330 e. The number of unbranched alkanes of at least 4 members (excludes halogenated alkanes) is 5. The fourth-order valence-corrected chi connectivity index (χ4v) is 8.14. The predicted molar refractivity (Wildman–Crippen MR) is 198 cm³/mol. The number of aliphatic hydroxyl groups excluding tert-OH is 2. The first-order valence-electron chi connectivity index (χ1n) is 18.6. The van der Waals surface area contributed by atoms with Crippen molar-refractivity contribution in [1.82, 2.24) is 36.1 Å². The molecule has 0 aliphatic carbocycles. The van der Waals surface area contributed by atoms with Gasteiger partial charge in [0.1, 0.15) is 18.3 Å². The van der Waals surface area contributed by atoms with Crippen molar-refractivity contribution < 1.29 is 38.9 Å². The maximum atomic E-state index is 12.4. The van der Waals surface area contributed by atoms with E-state index in [1.165, 1.54) is 19.4 Å². The molecule has 0 bridgehead atoms. The van der Waals surface area contributed by atoms with Crippen molar-refractivity contribution in [3.05, 3.63) is 38.7 Å². The smallest absolute Gasteiger partial charge is 0.330 e. The number of nitrogens with zero attached hydrogens (tertiary/aromatic N) is 1. The number of hydrogen-bond acceptors (Lipinski definition) is 11. The first-order valence-corrected chi connectivity index (χ1v) is 19.6. The number of urea groups is 1. The van der Waals surface area contributed by atoms with Crippen molar-refractivity contribution in [2.45, 2.75) is 119 Å². The van der Waals surface area contributed by atoms with Crippen LogP contribution < -0.4 is 37.8 Å². The van der Waals surface area contributed by atoms with Gasteiger partial charge in [0.15, 0.2) is 6.23 Å². The van der Waals surface area contributed by atoms with Crippen LogP contribution in [0, 0.1) is 0 Å². The van der Waals surface area contributed by atoms with Crippen LogP contribution in [0.2, 0.25) is 0 Å². The quantitative estimate of drug-likeness (QED) is 0.0545. The largest absolute Gasteiger partial charge is 0.387 e. The third-order valence-corrected chi connectivity index (χ3v) is 11.0. The van der Waals surface area contributed by atoms with Gasteiger partial charge in [-0.2, -0.15) is 11.8 Å². The average molecular weight is 766 g/mol. The fraction of sp³-hybridized carbons (Fsp3) is 0.714. The summed E-state index contributed by atoms with van der Waals surface area (Å²) in [5.74, 6) is 0.826. The monoisotopic (exact) mass is 765 g/mol. The number of amides is 5. The maximum absolute atomic E-state index is 12.4. The zero-order chi connectivity index (χ0) is 38.2. The van der Waals surface area contributed by atoms with Crippen molar-refractivity contribution in [2.75, 3.05) is 39.1 Å². The second-order valence-corrected chi connectivity index (χ2v) is 14.9. The lowest BCUT2D eigenvalue weighted by Gasteiger charge is -2.17. The molecule has 3 saturated heterocycles. The van der Waals surface area contributed by atoms with E-state index in [0.29, 0.717) is 44.0 Å². The summed E-state index contributed by atoms with van der Waals surface area (Å²) < 4.78 is 11.5. The third-order valence-electron chi connectivity index (χ3n) is 9.54. The van der Waals surface area contributed by atoms with Crippen LogP contribution >= 0.6 is 11.8 Å². The van der Waals surface area contributed by atoms with E-state index < -0.39 is 35.8 Å². The van der Waals surface area contributed by atoms with Gasteiger partial charge in [0.05, 0.1) is 24.3 Å². The van der Waals surface area contributed by atoms with Crippen LogP contribution in [0.5, 0.6) is 0 Å². The van der Waals surface area contributed by atoms with Crippen LogP contribution in [0.15, 0.2) is 21.9 Å². The molecular formula is C35H55N7O10S. The van der Waals surface area contributed by atoms with E-state index in [1.54, 1.807) is 6.08 Å². The van der Waals surface area contributed by atoms with Crippen molar-refractivity contribution in [3.63, 3.8) is 0 Å². The molecule has 3 fully saturated rings. The molecule has 4 rings (SSSR count). The second kappa shape index (κ2) is 21.9. The van der Waals surface area contributed by atoms with Gasteiger partial charge in [-0.05, 0) is 38.5 Å². The Bertz CT molecular complexity index is 1520. The van der Waals surface area contributed by atoms with Crippen molar-refractivity contribution >= 4 is 41.6 Å². The highest BCUT2D eigenvalue weighted by molar-refractivity contribution is 8.00. The molecule has 0 saturated carbocycles. The molecule has 1 aromatic heterocycles. The standard InChI is InChI=1S/C35H55N7O10S/c1-51-20-24-30(46)31(47)33(52-24)42-19-22(32(48)41-35(42)50)11-10-18-38-27(44)14-5-3-8-16-36-26(43)13-4-2-9-17-37-28(45)15-7-6-12-25-29-23(21-53-25)39-34(49)40-29/h10-11,19,23-25,29-31,33,46-47H,2-9,12-18,20-21H2,1H3,(H,36,43)(H,37,45)(H,38,44)(H2,39,40,49)(H,41,48,50)/b11-10+/t23-,24-,25-,29?,30?,31?,33-/m1/s1. The highest BCUT2D eigenvalue weighted by atomic mass is 32.2. The Morgan fingerprint density at radius 1 is 0.906 bits per heavy atom. The molecule has 8 N–H and O–H groups in total. The summed E-state index contributed by atoms with van der Waals surface area (Å²) in [5, 5.41) is 35.5. The summed E-state index contributed by atoms with van der Waals surface area (Å²) in [6.45, 7) is 1.30. The van der Waals surface area contributed by atoms with E-state index in [0.717, 1.165) is 61.7 Å². The van der Waals surface area contributed by atoms with Gasteiger partial charge in [-0.25, -0.2) is 9.59 Å². The Labute approximate surface area is 312 Å². The number of nitrogens with one attached hydrogen (secondary N) is 6. The highest BCUT2D eigenvalue weighted by Gasteiger charge is 2.44. The number of aromatic amines is 1. The number of carbonyl (C=O) groups is 4. The molecule has 4 heterocycles. The summed E-state index contributed by atoms with van der Waals surface area (Å²) >= 11 is 1.89. The molecule has 18 heteroatoms. The van der Waals surface area contributed by atoms with Gasteiger partial charge in [-0.1, -0.05) is 31.4 Å². The summed E-state index contributed by atoms with van der Waals surface area (Å²) in [6, 6.07) is 0.350. The number of thioether (sulfide) groups is 1. The third kappa shape index (κ3) is 13.3. The van der Waals surface area contributed by atoms with E-state index in [9.17, 15) is 39.0 Å². The molecule has 296 valence electrons. The van der Waals surface area contributed by atoms with Crippen LogP contribution in [0.1, 0.15) is 88.8 Å². The number of fused-ring (bicyclic) bond motifs is 1. The lowest BCUT2D eigenvalue weighted by atomic mass is 10.0. The Morgan fingerprint density at radius 2 is 1.55 bits per heavy atom. The van der Waals surface area contributed by atoms with Gasteiger partial charge in [0, 0.05) is 63.2 Å². The zero-order valence-electron chi connectivity index (χ0n) is 30.3. The number of methoxy groups -OCH3 is 1. The molecular weight excluding hydrogens is 710 g/mol. The predicted octanol–water partition coefficient (Wildman–Crippen LogP) is 0.0106. The molecule has 5 amide bonds. The van der Waals surface area contributed by atoms with Gasteiger partial charge >= 0.3 is 11.7 Å². The lowest BCUT2D eigenvalue weighted by molar-refractivity contribution is -0.122. The molecule has 53 heavy (non-hydrogen) atoms. The fourth-order valence-electron chi connectivity index (χ4n) is 6.60. The van der Waals surface area contributed by atoms with Crippen LogP contribution in [-0.2, 0) is 23.9 Å². The topological polar surface area (TPSA) is 242 Å². The van der Waals surface area contributed by atoms with Crippen LogP contribution in [0.4, 0.5) is 4.79 Å². The molecule has 0 spiro atoms. The Hall–Kier alpha value is -3.71. The normalized spacial score (nSPS) is 24.9. The first kappa shape index (κ1) is 42.0. The number of aromatic nitrogens is 2. The SMILES string of the molecule is COC[C@H]1O[C@@H](n2cc(/C=C/CNC(=O)CCCCCNC(=O)CCCCCNC(=O)CCCC[C@H]3SC[C@H]4NC(=O)NC43)c(=O)[nH]c2=O)C(O)C1O. The Kier molecular flexibility index (Phi) is 17.3. The average Bonchev–Trinajstić information content (AvgIpc) is 3.77. The van der Waals surface area contributed by atoms with Gasteiger partial charge in [0.25, 0.3) is 5.56 Å². The van der Waals surface area contributed by atoms with Gasteiger partial charge < -0.3 is 46.3 Å². The summed E-state index contributed by atoms with van der Waals surface area (Å²) in [4.78, 5) is 74.8. The number of H-pyrrole nitrogens is 1. The molecule has 1 aromatic rings. The molecule has 7 atom stereocenters. The first-order chi connectivity index (χ1) is 25.6. The van der Waals surface area contributed by atoms with Crippen LogP contribution in [0.25, 0.3) is 6.08 Å². The summed E-state index contributed by atoms with van der Waals surface area (Å²) in [5.41, 5.74) is -1.36. The zero-order valence-corrected chi connectivity index (χ0v) is 31.1. The number of ether oxygens (including phenoxy) is 2. The van der Waals surface area contributed by atoms with Gasteiger partial charge in [-0.15, -0.1) is 0 Å². The molecule has 3 unspecified atom stereocenters. The molecule has 3 aliphatic heterocycles. The van der Waals surface area contributed by atoms with E-state index in [-0.39, 0.29) is 54.6 Å². The molecule has 0 aromatic carbocycles. The van der Waals surface area contributed by atoms with Crippen LogP contribution in [-0.4, -0.2) is 118 Å². The second-order valence-electron chi connectivity index (χ2n) is 13.6. The number of rotatable bonds is 23. The summed E-state index contributed by atoms with van der Waals surface area (Å²) in [7, 11) is 1.41. The highest BCUT2D eigenvalue weighted by Crippen LogP contribution is 2.33. The van der Waals surface area contributed by atoms with E-state index in [4.69, 9.17) is 9.47 Å². The molecule has 17 nitrogen and oxygen atoms in total. The van der Waals surface area contributed by atoms with Crippen LogP contribution in [0.3, 0.4) is 0 Å². The van der Waals surface area contributed by atoms with Crippen molar-refractivity contribution in [3.8, 4) is 0 Å². The van der Waals surface area contributed by atoms with E-state index in [1.807, 2.05) is 11.8 Å². The van der Waals surface area contributed by atoms with Crippen molar-refractivity contribution in [2.24, 2.45) is 0 Å². The minimum Gasteiger partial charge on any atom is -0.387 e. The minimum atomic E-state index is -1.41. The molecule has 3 aliphatic rings. The van der Waals surface area contributed by atoms with E-state index >= 15 is 0 Å². The van der Waals surface area contributed by atoms with Crippen molar-refractivity contribution in [1.29, 1.82) is 0 Å². The Balaban J connectivity index is 0.960. The summed E-state index contributed by atoms with van der Waals surface area (Å²) in [6.07, 6.45) is 8.09. The Morgan fingerprint density at radius 3 is 2.21 bits per heavy atom. The number of carbonyl (C=O) groups excluding carboxylic acids is 4. The number of hydrogen-bond donors (Lipinski definition) is 8. The number of aliphatic hydroxyl groups is 2. The van der Waals surface area contributed by atoms with Gasteiger partial charge in [0.2, 0.25) is 17.7 Å². The van der Waals surface area contributed by atoms with E-state index in [2.05, 4.69) is 31.6 Å². The van der Waals surface area contributed by atoms with Gasteiger partial charge in [-0.3, -0.25) is 28.7 Å². The molecule has 0 radical (unpaired) electrons.